The second-order valence-corrected chi connectivity index (χ2v) is 9.30. The molecule has 0 fully saturated rings. The molecule has 1 amide bonds. The number of carbonyl (C=O) groups excluding carboxylic acids is 2. The van der Waals surface area contributed by atoms with E-state index in [-0.39, 0.29) is 54.9 Å². The maximum absolute atomic E-state index is 12.6. The number of sulfonamides is 1. The molecule has 2 aromatic rings. The monoisotopic (exact) mass is 503 g/mol. The van der Waals surface area contributed by atoms with Gasteiger partial charge in [-0.2, -0.15) is 0 Å². The van der Waals surface area contributed by atoms with Gasteiger partial charge in [0.1, 0.15) is 5.84 Å². The summed E-state index contributed by atoms with van der Waals surface area (Å²) < 4.78 is 27.5. The normalized spacial score (nSPS) is 11.1. The highest BCUT2D eigenvalue weighted by Gasteiger charge is 2.20. The van der Waals surface area contributed by atoms with E-state index in [9.17, 15) is 22.8 Å². The van der Waals surface area contributed by atoms with Gasteiger partial charge < -0.3 is 21.5 Å². The largest absolute Gasteiger partial charge is 0.481 e. The van der Waals surface area contributed by atoms with Crippen LogP contribution in [0.1, 0.15) is 41.3 Å². The van der Waals surface area contributed by atoms with Gasteiger partial charge in [0.2, 0.25) is 15.9 Å². The van der Waals surface area contributed by atoms with E-state index in [1.165, 1.54) is 12.1 Å². The number of benzene rings is 2. The van der Waals surface area contributed by atoms with Crippen LogP contribution < -0.4 is 21.1 Å². The predicted molar refractivity (Wildman–Crippen MR) is 131 cm³/mol. The lowest BCUT2D eigenvalue weighted by atomic mass is 10.1. The number of nitrogen functional groups attached to an aromatic ring is 1. The van der Waals surface area contributed by atoms with Crippen molar-refractivity contribution in [3.8, 4) is 0 Å². The molecule has 35 heavy (non-hydrogen) atoms. The molecule has 2 aromatic carbocycles. The topological polar surface area (TPSA) is 192 Å². The standard InChI is InChI=1S/C23H29N5O6S/c1-2-17-18(4-3-5-20(17)35(33,34)27-13-11-22(31)32)28-21(30)10-12-26-14-19(29)15-6-8-16(9-7-15)23(24)25/h3-9,26-27H,2,10-14H2,1H3,(H3,24,25)(H,28,30)(H,31,32). The molecule has 2 rings (SSSR count). The zero-order chi connectivity index (χ0) is 26.0. The van der Waals surface area contributed by atoms with Gasteiger partial charge in [-0.25, -0.2) is 13.1 Å². The van der Waals surface area contributed by atoms with E-state index < -0.39 is 16.0 Å². The fraction of sp³-hybridized carbons (Fsp3) is 0.304. The number of carboxylic acid groups (broad SMARTS) is 1. The van der Waals surface area contributed by atoms with Gasteiger partial charge in [0.25, 0.3) is 0 Å². The van der Waals surface area contributed by atoms with E-state index in [0.717, 1.165) is 0 Å². The number of carbonyl (C=O) groups is 3. The van der Waals surface area contributed by atoms with Gasteiger partial charge in [-0.1, -0.05) is 37.3 Å². The molecule has 0 aromatic heterocycles. The van der Waals surface area contributed by atoms with Gasteiger partial charge in [-0.05, 0) is 24.1 Å². The Labute approximate surface area is 203 Å². The van der Waals surface area contributed by atoms with E-state index in [2.05, 4.69) is 15.4 Å². The number of amidine groups is 1. The van der Waals surface area contributed by atoms with Gasteiger partial charge in [-0.15, -0.1) is 0 Å². The van der Waals surface area contributed by atoms with Gasteiger partial charge >= 0.3 is 5.97 Å². The first-order valence-corrected chi connectivity index (χ1v) is 12.3. The second kappa shape index (κ2) is 12.7. The first-order chi connectivity index (χ1) is 16.5. The summed E-state index contributed by atoms with van der Waals surface area (Å²) in [5, 5.41) is 21.7. The minimum absolute atomic E-state index is 0.0165. The number of ketones is 1. The van der Waals surface area contributed by atoms with Crippen LogP contribution in [0.3, 0.4) is 0 Å². The van der Waals surface area contributed by atoms with Crippen LogP contribution in [0.5, 0.6) is 0 Å². The number of Topliss-reactive ketones (excluding diaryl/α,β-unsaturated/α-hetero) is 1. The smallest absolute Gasteiger partial charge is 0.304 e. The second-order valence-electron chi connectivity index (χ2n) is 7.57. The molecule has 12 heteroatoms. The van der Waals surface area contributed by atoms with E-state index in [1.54, 1.807) is 37.3 Å². The zero-order valence-electron chi connectivity index (χ0n) is 19.3. The van der Waals surface area contributed by atoms with Crippen molar-refractivity contribution in [1.29, 1.82) is 5.41 Å². The van der Waals surface area contributed by atoms with E-state index in [4.69, 9.17) is 16.2 Å². The maximum Gasteiger partial charge on any atom is 0.304 e. The summed E-state index contributed by atoms with van der Waals surface area (Å²) in [5.41, 5.74) is 7.12. The van der Waals surface area contributed by atoms with Gasteiger partial charge in [0, 0.05) is 36.3 Å². The summed E-state index contributed by atoms with van der Waals surface area (Å²) in [6.07, 6.45) is 0.0185. The molecule has 0 aliphatic carbocycles. The first-order valence-electron chi connectivity index (χ1n) is 10.9. The zero-order valence-corrected chi connectivity index (χ0v) is 20.1. The molecule has 7 N–H and O–H groups in total. The predicted octanol–water partition coefficient (Wildman–Crippen LogP) is 1.09. The fourth-order valence-electron chi connectivity index (χ4n) is 3.22. The number of hydrogen-bond acceptors (Lipinski definition) is 7. The average Bonchev–Trinajstić information content (AvgIpc) is 2.81. The van der Waals surface area contributed by atoms with Crippen molar-refractivity contribution in [2.75, 3.05) is 25.0 Å². The molecule has 0 saturated carbocycles. The highest BCUT2D eigenvalue weighted by atomic mass is 32.2. The summed E-state index contributed by atoms with van der Waals surface area (Å²) >= 11 is 0. The molecule has 188 valence electrons. The summed E-state index contributed by atoms with van der Waals surface area (Å²) in [6.45, 7) is 1.74. The van der Waals surface area contributed by atoms with Crippen molar-refractivity contribution >= 4 is 39.2 Å². The van der Waals surface area contributed by atoms with Crippen molar-refractivity contribution in [1.82, 2.24) is 10.0 Å². The number of carboxylic acids is 1. The van der Waals surface area contributed by atoms with Crippen molar-refractivity contribution in [2.45, 2.75) is 31.1 Å². The highest BCUT2D eigenvalue weighted by molar-refractivity contribution is 7.89. The Hall–Kier alpha value is -3.61. The fourth-order valence-corrected chi connectivity index (χ4v) is 4.59. The van der Waals surface area contributed by atoms with Crippen molar-refractivity contribution in [2.24, 2.45) is 5.73 Å². The lowest BCUT2D eigenvalue weighted by molar-refractivity contribution is -0.136. The third-order valence-corrected chi connectivity index (χ3v) is 6.56. The van der Waals surface area contributed by atoms with E-state index in [0.29, 0.717) is 28.8 Å². The lowest BCUT2D eigenvalue weighted by Crippen LogP contribution is -2.28. The molecule has 11 nitrogen and oxygen atoms in total. The van der Waals surface area contributed by atoms with Crippen LogP contribution in [0.25, 0.3) is 0 Å². The van der Waals surface area contributed by atoms with Crippen molar-refractivity contribution in [3.63, 3.8) is 0 Å². The summed E-state index contributed by atoms with van der Waals surface area (Å²) in [4.78, 5) is 35.3. The molecular weight excluding hydrogens is 474 g/mol. The van der Waals surface area contributed by atoms with E-state index in [1.807, 2.05) is 0 Å². The van der Waals surface area contributed by atoms with Crippen LogP contribution in [0.15, 0.2) is 47.4 Å². The number of amides is 1. The van der Waals surface area contributed by atoms with Crippen molar-refractivity contribution < 1.29 is 27.9 Å². The highest BCUT2D eigenvalue weighted by Crippen LogP contribution is 2.25. The Kier molecular flexibility index (Phi) is 10.1. The first kappa shape index (κ1) is 27.6. The van der Waals surface area contributed by atoms with Crippen LogP contribution in [-0.2, 0) is 26.0 Å². The molecular formula is C23H29N5O6S. The number of aliphatic carboxylic acids is 1. The quantitative estimate of drug-likeness (QED) is 0.0954. The minimum Gasteiger partial charge on any atom is -0.481 e. The molecule has 0 spiro atoms. The van der Waals surface area contributed by atoms with E-state index >= 15 is 0 Å². The van der Waals surface area contributed by atoms with Crippen molar-refractivity contribution in [3.05, 3.63) is 59.2 Å². The summed E-state index contributed by atoms with van der Waals surface area (Å²) in [7, 11) is -3.95. The lowest BCUT2D eigenvalue weighted by Gasteiger charge is -2.15. The summed E-state index contributed by atoms with van der Waals surface area (Å²) in [6, 6.07) is 10.8. The van der Waals surface area contributed by atoms with Crippen LogP contribution >= 0.6 is 0 Å². The Morgan fingerprint density at radius 1 is 1.00 bits per heavy atom. The Balaban J connectivity index is 1.92. The summed E-state index contributed by atoms with van der Waals surface area (Å²) in [5.74, 6) is -1.75. The SMILES string of the molecule is CCc1c(NC(=O)CCNCC(=O)c2ccc(C(=N)N)cc2)cccc1S(=O)(=O)NCCC(=O)O. The van der Waals surface area contributed by atoms with Gasteiger partial charge in [0.15, 0.2) is 5.78 Å². The maximum atomic E-state index is 12.6. The number of nitrogens with one attached hydrogen (secondary N) is 4. The molecule has 0 atom stereocenters. The molecule has 0 unspecified atom stereocenters. The number of anilines is 1. The number of rotatable bonds is 14. The molecule has 0 radical (unpaired) electrons. The molecule has 0 aliphatic heterocycles. The third kappa shape index (κ3) is 8.28. The Morgan fingerprint density at radius 3 is 2.26 bits per heavy atom. The average molecular weight is 504 g/mol. The Bertz CT molecular complexity index is 1200. The number of nitrogens with two attached hydrogens (primary N) is 1. The third-order valence-electron chi connectivity index (χ3n) is 5.01. The van der Waals surface area contributed by atoms with Crippen LogP contribution in [-0.4, -0.2) is 56.7 Å². The van der Waals surface area contributed by atoms with Gasteiger partial charge in [0.05, 0.1) is 17.9 Å². The van der Waals surface area contributed by atoms with Crippen LogP contribution in [0.4, 0.5) is 5.69 Å². The van der Waals surface area contributed by atoms with Crippen LogP contribution in [0.2, 0.25) is 0 Å². The molecule has 0 aliphatic rings. The minimum atomic E-state index is -3.95. The van der Waals surface area contributed by atoms with Crippen LogP contribution in [0, 0.1) is 5.41 Å². The molecule has 0 saturated heterocycles. The molecule has 0 heterocycles. The molecule has 0 bridgehead atoms. The number of hydrogen-bond donors (Lipinski definition) is 6. The Morgan fingerprint density at radius 2 is 1.66 bits per heavy atom. The van der Waals surface area contributed by atoms with Gasteiger partial charge in [-0.3, -0.25) is 19.8 Å².